The Labute approximate surface area is 73.0 Å². The van der Waals surface area contributed by atoms with Crippen molar-refractivity contribution >= 4 is 12.4 Å². The van der Waals surface area contributed by atoms with E-state index in [4.69, 9.17) is 5.73 Å². The predicted octanol–water partition coefficient (Wildman–Crippen LogP) is 0.0313. The minimum atomic E-state index is -0.706. The zero-order valence-corrected chi connectivity index (χ0v) is 7.26. The van der Waals surface area contributed by atoms with Gasteiger partial charge in [0.05, 0.1) is 12.2 Å². The van der Waals surface area contributed by atoms with Gasteiger partial charge < -0.3 is 15.9 Å². The lowest BCUT2D eigenvalue weighted by atomic mass is 10.1. The molecule has 1 aliphatic rings. The first-order valence-electron chi connectivity index (χ1n) is 3.83. The van der Waals surface area contributed by atoms with Crippen LogP contribution in [0.3, 0.4) is 0 Å². The highest BCUT2D eigenvalue weighted by Gasteiger charge is 2.25. The summed E-state index contributed by atoms with van der Waals surface area (Å²) in [7, 11) is 0. The van der Waals surface area contributed by atoms with Gasteiger partial charge in [-0.25, -0.2) is 0 Å². The SMILES string of the molecule is Cl.N[C@@H]1CCCC[C@H](O)[C@H]1O. The monoisotopic (exact) mass is 181 g/mol. The molecule has 0 bridgehead atoms. The Balaban J connectivity index is 0.000001000. The molecule has 3 nitrogen and oxygen atoms in total. The fourth-order valence-corrected chi connectivity index (χ4v) is 1.36. The zero-order chi connectivity index (χ0) is 7.56. The first-order chi connectivity index (χ1) is 4.72. The van der Waals surface area contributed by atoms with Gasteiger partial charge in [-0.3, -0.25) is 0 Å². The van der Waals surface area contributed by atoms with Gasteiger partial charge in [-0.05, 0) is 12.8 Å². The van der Waals surface area contributed by atoms with Crippen molar-refractivity contribution in [3.8, 4) is 0 Å². The summed E-state index contributed by atoms with van der Waals surface area (Å²) in [6.07, 6.45) is 2.22. The molecule has 0 aromatic carbocycles. The van der Waals surface area contributed by atoms with Gasteiger partial charge in [-0.1, -0.05) is 12.8 Å². The third-order valence-corrected chi connectivity index (χ3v) is 2.12. The summed E-state index contributed by atoms with van der Waals surface area (Å²) in [6.45, 7) is 0. The molecule has 0 saturated heterocycles. The molecule has 0 aliphatic heterocycles. The maximum Gasteiger partial charge on any atom is 0.0949 e. The summed E-state index contributed by atoms with van der Waals surface area (Å²) >= 11 is 0. The third kappa shape index (κ3) is 2.95. The summed E-state index contributed by atoms with van der Waals surface area (Å²) in [6, 6.07) is -0.225. The predicted molar refractivity (Wildman–Crippen MR) is 45.7 cm³/mol. The van der Waals surface area contributed by atoms with Gasteiger partial charge in [0.1, 0.15) is 0 Å². The van der Waals surface area contributed by atoms with Crippen molar-refractivity contribution in [3.63, 3.8) is 0 Å². The number of nitrogens with two attached hydrogens (primary N) is 1. The average molecular weight is 182 g/mol. The summed E-state index contributed by atoms with van der Waals surface area (Å²) in [5, 5.41) is 18.4. The van der Waals surface area contributed by atoms with Crippen LogP contribution in [0.4, 0.5) is 0 Å². The molecule has 1 aliphatic carbocycles. The molecule has 4 N–H and O–H groups in total. The van der Waals surface area contributed by atoms with Crippen molar-refractivity contribution in [2.75, 3.05) is 0 Å². The molecule has 1 rings (SSSR count). The minimum Gasteiger partial charge on any atom is -0.390 e. The van der Waals surface area contributed by atoms with Gasteiger partial charge in [0, 0.05) is 6.04 Å². The number of halogens is 1. The van der Waals surface area contributed by atoms with Crippen LogP contribution in [0.5, 0.6) is 0 Å². The molecule has 1 saturated carbocycles. The van der Waals surface area contributed by atoms with E-state index in [1.54, 1.807) is 0 Å². The largest absolute Gasteiger partial charge is 0.390 e. The lowest BCUT2D eigenvalue weighted by molar-refractivity contribution is 0.00575. The number of aliphatic hydroxyl groups excluding tert-OH is 2. The Morgan fingerprint density at radius 3 is 2.27 bits per heavy atom. The summed E-state index contributed by atoms with van der Waals surface area (Å²) in [4.78, 5) is 0. The van der Waals surface area contributed by atoms with E-state index in [0.29, 0.717) is 6.42 Å². The Morgan fingerprint density at radius 2 is 1.64 bits per heavy atom. The van der Waals surface area contributed by atoms with Gasteiger partial charge >= 0.3 is 0 Å². The molecule has 68 valence electrons. The second-order valence-electron chi connectivity index (χ2n) is 3.01. The van der Waals surface area contributed by atoms with Crippen LogP contribution in [-0.4, -0.2) is 28.5 Å². The molecule has 1 fully saturated rings. The van der Waals surface area contributed by atoms with Crippen LogP contribution < -0.4 is 5.73 Å². The van der Waals surface area contributed by atoms with Gasteiger partial charge in [-0.15, -0.1) is 12.4 Å². The van der Waals surface area contributed by atoms with Crippen LogP contribution in [0.15, 0.2) is 0 Å². The Hall–Kier alpha value is 0.170. The van der Waals surface area contributed by atoms with E-state index in [9.17, 15) is 10.2 Å². The first-order valence-corrected chi connectivity index (χ1v) is 3.83. The number of aliphatic hydroxyl groups is 2. The highest BCUT2D eigenvalue weighted by atomic mass is 35.5. The fourth-order valence-electron chi connectivity index (χ4n) is 1.36. The molecule has 11 heavy (non-hydrogen) atoms. The van der Waals surface area contributed by atoms with E-state index in [-0.39, 0.29) is 18.4 Å². The van der Waals surface area contributed by atoms with Crippen molar-refractivity contribution in [1.82, 2.24) is 0 Å². The molecule has 0 spiro atoms. The Bertz CT molecular complexity index is 101. The normalized spacial score (nSPS) is 39.0. The Morgan fingerprint density at radius 1 is 1.09 bits per heavy atom. The van der Waals surface area contributed by atoms with Crippen molar-refractivity contribution < 1.29 is 10.2 Å². The third-order valence-electron chi connectivity index (χ3n) is 2.12. The van der Waals surface area contributed by atoms with Gasteiger partial charge in [0.15, 0.2) is 0 Å². The molecule has 3 atom stereocenters. The standard InChI is InChI=1S/C7H15NO2.ClH/c8-5-3-1-2-4-6(9)7(5)10;/h5-7,9-10H,1-4,8H2;1H/t5-,6+,7+;/m1./s1. The maximum absolute atomic E-state index is 9.25. The fraction of sp³-hybridized carbons (Fsp3) is 1.00. The highest BCUT2D eigenvalue weighted by molar-refractivity contribution is 5.85. The molecule has 0 heterocycles. The Kier molecular flexibility index (Phi) is 5.01. The van der Waals surface area contributed by atoms with Crippen LogP contribution in [0.25, 0.3) is 0 Å². The van der Waals surface area contributed by atoms with Crippen LogP contribution in [0, 0.1) is 0 Å². The molecule has 0 aromatic heterocycles. The topological polar surface area (TPSA) is 66.5 Å². The van der Waals surface area contributed by atoms with Crippen molar-refractivity contribution in [1.29, 1.82) is 0 Å². The number of hydrogen-bond donors (Lipinski definition) is 3. The van der Waals surface area contributed by atoms with Crippen molar-refractivity contribution in [3.05, 3.63) is 0 Å². The molecular weight excluding hydrogens is 166 g/mol. The van der Waals surface area contributed by atoms with Gasteiger partial charge in [-0.2, -0.15) is 0 Å². The summed E-state index contributed by atoms with van der Waals surface area (Å²) in [5.74, 6) is 0. The van der Waals surface area contributed by atoms with E-state index in [1.807, 2.05) is 0 Å². The maximum atomic E-state index is 9.25. The lowest BCUT2D eigenvalue weighted by Gasteiger charge is -2.19. The van der Waals surface area contributed by atoms with E-state index < -0.39 is 12.2 Å². The van der Waals surface area contributed by atoms with E-state index in [0.717, 1.165) is 19.3 Å². The second kappa shape index (κ2) is 4.93. The van der Waals surface area contributed by atoms with E-state index in [1.165, 1.54) is 0 Å². The number of hydrogen-bond acceptors (Lipinski definition) is 3. The molecular formula is C7H16ClNO2. The average Bonchev–Trinajstić information content (AvgIpc) is 2.04. The second-order valence-corrected chi connectivity index (χ2v) is 3.01. The first kappa shape index (κ1) is 11.2. The van der Waals surface area contributed by atoms with E-state index >= 15 is 0 Å². The molecule has 0 unspecified atom stereocenters. The molecule has 0 amide bonds. The molecule has 4 heteroatoms. The zero-order valence-electron chi connectivity index (χ0n) is 6.44. The van der Waals surface area contributed by atoms with E-state index in [2.05, 4.69) is 0 Å². The smallest absolute Gasteiger partial charge is 0.0949 e. The number of rotatable bonds is 0. The van der Waals surface area contributed by atoms with Crippen molar-refractivity contribution in [2.24, 2.45) is 5.73 Å². The van der Waals surface area contributed by atoms with Crippen LogP contribution >= 0.6 is 12.4 Å². The van der Waals surface area contributed by atoms with Gasteiger partial charge in [0.25, 0.3) is 0 Å². The quantitative estimate of drug-likeness (QED) is 0.462. The molecule has 0 aromatic rings. The highest BCUT2D eigenvalue weighted by Crippen LogP contribution is 2.16. The summed E-state index contributed by atoms with van der Waals surface area (Å²) in [5.41, 5.74) is 5.56. The van der Waals surface area contributed by atoms with Crippen LogP contribution in [0.2, 0.25) is 0 Å². The van der Waals surface area contributed by atoms with Gasteiger partial charge in [0.2, 0.25) is 0 Å². The lowest BCUT2D eigenvalue weighted by Crippen LogP contribution is -2.41. The summed E-state index contributed by atoms with van der Waals surface area (Å²) < 4.78 is 0. The minimum absolute atomic E-state index is 0. The van der Waals surface area contributed by atoms with Crippen molar-refractivity contribution in [2.45, 2.75) is 43.9 Å². The van der Waals surface area contributed by atoms with Crippen LogP contribution in [0.1, 0.15) is 25.7 Å². The van der Waals surface area contributed by atoms with Crippen LogP contribution in [-0.2, 0) is 0 Å². The molecule has 0 radical (unpaired) electrons.